The molecule has 0 radical (unpaired) electrons. The Bertz CT molecular complexity index is 1060. The molecular formula is C17H17N5O3S2. The third-order valence-electron chi connectivity index (χ3n) is 4.48. The number of carbonyl (C=O) groups is 1. The highest BCUT2D eigenvalue weighted by atomic mass is 32.2. The summed E-state index contributed by atoms with van der Waals surface area (Å²) in [5.74, 6) is 0.0539. The molecule has 1 atom stereocenters. The Hall–Kier alpha value is -2.72. The molecule has 1 unspecified atom stereocenters. The molecule has 27 heavy (non-hydrogen) atoms. The highest BCUT2D eigenvalue weighted by Gasteiger charge is 2.36. The van der Waals surface area contributed by atoms with Gasteiger partial charge in [0.15, 0.2) is 0 Å². The van der Waals surface area contributed by atoms with Gasteiger partial charge in [0.2, 0.25) is 10.0 Å². The number of hydrogen-bond acceptors (Lipinski definition) is 6. The number of anilines is 1. The third kappa shape index (κ3) is 3.45. The second-order valence-electron chi connectivity index (χ2n) is 6.31. The molecule has 1 aliphatic rings. The van der Waals surface area contributed by atoms with E-state index in [-0.39, 0.29) is 18.4 Å². The lowest BCUT2D eigenvalue weighted by Crippen LogP contribution is -2.29. The van der Waals surface area contributed by atoms with Crippen LogP contribution in [0, 0.1) is 0 Å². The minimum Gasteiger partial charge on any atom is -0.348 e. The lowest BCUT2D eigenvalue weighted by molar-refractivity contribution is 0.0951. The van der Waals surface area contributed by atoms with Crippen molar-refractivity contribution in [1.29, 1.82) is 0 Å². The quantitative estimate of drug-likeness (QED) is 0.674. The van der Waals surface area contributed by atoms with Gasteiger partial charge in [-0.15, -0.1) is 0 Å². The number of thiophene rings is 1. The lowest BCUT2D eigenvalue weighted by atomic mass is 9.98. The number of H-pyrrole nitrogens is 1. The van der Waals surface area contributed by atoms with Crippen LogP contribution in [0.4, 0.5) is 5.69 Å². The van der Waals surface area contributed by atoms with Crippen LogP contribution in [0.5, 0.6) is 0 Å². The molecule has 2 N–H and O–H groups in total. The van der Waals surface area contributed by atoms with E-state index >= 15 is 0 Å². The van der Waals surface area contributed by atoms with Crippen LogP contribution in [0.3, 0.4) is 0 Å². The average Bonchev–Trinajstić information content (AvgIpc) is 3.37. The highest BCUT2D eigenvalue weighted by molar-refractivity contribution is 7.92. The number of sulfonamides is 1. The maximum atomic E-state index is 12.5. The summed E-state index contributed by atoms with van der Waals surface area (Å²) >= 11 is 1.57. The van der Waals surface area contributed by atoms with Crippen molar-refractivity contribution in [2.45, 2.75) is 12.5 Å². The first-order valence-corrected chi connectivity index (χ1v) is 11.0. The maximum absolute atomic E-state index is 12.5. The SMILES string of the molecule is CS(=O)(=O)N1CC(c2ncn[nH]2)c2cc(C(=O)NCc3ccsc3)ccc21. The Labute approximate surface area is 160 Å². The number of aromatic amines is 1. The van der Waals surface area contributed by atoms with Crippen LogP contribution in [-0.2, 0) is 16.6 Å². The predicted molar refractivity (Wildman–Crippen MR) is 102 cm³/mol. The van der Waals surface area contributed by atoms with Crippen molar-refractivity contribution in [2.24, 2.45) is 0 Å². The van der Waals surface area contributed by atoms with Crippen molar-refractivity contribution in [1.82, 2.24) is 20.5 Å². The second kappa shape index (κ2) is 6.78. The molecule has 1 amide bonds. The molecule has 1 aromatic carbocycles. The molecule has 8 nitrogen and oxygen atoms in total. The van der Waals surface area contributed by atoms with Crippen molar-refractivity contribution in [3.05, 3.63) is 63.9 Å². The van der Waals surface area contributed by atoms with Crippen molar-refractivity contribution in [3.63, 3.8) is 0 Å². The van der Waals surface area contributed by atoms with E-state index in [1.165, 1.54) is 16.9 Å². The molecular weight excluding hydrogens is 386 g/mol. The summed E-state index contributed by atoms with van der Waals surface area (Å²) in [6.45, 7) is 0.670. The summed E-state index contributed by atoms with van der Waals surface area (Å²) < 4.78 is 25.7. The minimum atomic E-state index is -3.44. The molecule has 2 aromatic heterocycles. The van der Waals surface area contributed by atoms with Gasteiger partial charge in [-0.05, 0) is 46.2 Å². The summed E-state index contributed by atoms with van der Waals surface area (Å²) in [6, 6.07) is 7.00. The summed E-state index contributed by atoms with van der Waals surface area (Å²) in [5, 5.41) is 13.5. The minimum absolute atomic E-state index is 0.210. The Kier molecular flexibility index (Phi) is 4.44. The zero-order chi connectivity index (χ0) is 19.0. The fourth-order valence-electron chi connectivity index (χ4n) is 3.17. The molecule has 4 rings (SSSR count). The van der Waals surface area contributed by atoms with Crippen LogP contribution in [-0.4, -0.2) is 42.3 Å². The first-order chi connectivity index (χ1) is 12.9. The van der Waals surface area contributed by atoms with Crippen molar-refractivity contribution in [2.75, 3.05) is 17.1 Å². The Morgan fingerprint density at radius 3 is 2.93 bits per heavy atom. The smallest absolute Gasteiger partial charge is 0.251 e. The molecule has 0 saturated heterocycles. The molecule has 0 aliphatic carbocycles. The number of carbonyl (C=O) groups excluding carboxylic acids is 1. The van der Waals surface area contributed by atoms with E-state index < -0.39 is 10.0 Å². The summed E-state index contributed by atoms with van der Waals surface area (Å²) in [7, 11) is -3.44. The molecule has 10 heteroatoms. The maximum Gasteiger partial charge on any atom is 0.251 e. The van der Waals surface area contributed by atoms with Gasteiger partial charge in [-0.3, -0.25) is 14.2 Å². The number of fused-ring (bicyclic) bond motifs is 1. The van der Waals surface area contributed by atoms with E-state index in [1.54, 1.807) is 29.5 Å². The summed E-state index contributed by atoms with van der Waals surface area (Å²) in [6.07, 6.45) is 2.55. The lowest BCUT2D eigenvalue weighted by Gasteiger charge is -2.16. The number of benzene rings is 1. The average molecular weight is 403 g/mol. The van der Waals surface area contributed by atoms with Gasteiger partial charge in [0.05, 0.1) is 17.9 Å². The largest absolute Gasteiger partial charge is 0.348 e. The van der Waals surface area contributed by atoms with Crippen LogP contribution >= 0.6 is 11.3 Å². The second-order valence-corrected chi connectivity index (χ2v) is 8.99. The number of hydrogen-bond donors (Lipinski definition) is 2. The van der Waals surface area contributed by atoms with E-state index in [4.69, 9.17) is 0 Å². The van der Waals surface area contributed by atoms with Gasteiger partial charge < -0.3 is 5.32 Å². The molecule has 0 fully saturated rings. The Morgan fingerprint density at radius 1 is 1.41 bits per heavy atom. The molecule has 0 spiro atoms. The third-order valence-corrected chi connectivity index (χ3v) is 6.36. The van der Waals surface area contributed by atoms with E-state index in [0.717, 1.165) is 11.1 Å². The van der Waals surface area contributed by atoms with Crippen molar-refractivity contribution in [3.8, 4) is 0 Å². The molecule has 1 aliphatic heterocycles. The topological polar surface area (TPSA) is 108 Å². The molecule has 140 valence electrons. The van der Waals surface area contributed by atoms with Gasteiger partial charge in [-0.25, -0.2) is 13.4 Å². The molecule has 0 bridgehead atoms. The van der Waals surface area contributed by atoms with Gasteiger partial charge in [-0.1, -0.05) is 0 Å². The van der Waals surface area contributed by atoms with Crippen molar-refractivity contribution >= 4 is 33.0 Å². The highest BCUT2D eigenvalue weighted by Crippen LogP contribution is 2.40. The normalized spacial score (nSPS) is 16.3. The fraction of sp³-hybridized carbons (Fsp3) is 0.235. The zero-order valence-corrected chi connectivity index (χ0v) is 16.0. The van der Waals surface area contributed by atoms with Gasteiger partial charge in [0, 0.05) is 18.7 Å². The Morgan fingerprint density at radius 2 is 2.26 bits per heavy atom. The predicted octanol–water partition coefficient (Wildman–Crippen LogP) is 1.71. The molecule has 3 heterocycles. The van der Waals surface area contributed by atoms with Crippen LogP contribution in [0.2, 0.25) is 0 Å². The number of aromatic nitrogens is 3. The van der Waals surface area contributed by atoms with Gasteiger partial charge in [-0.2, -0.15) is 16.4 Å². The monoisotopic (exact) mass is 403 g/mol. The van der Waals surface area contributed by atoms with Gasteiger partial charge in [0.25, 0.3) is 5.91 Å². The summed E-state index contributed by atoms with van der Waals surface area (Å²) in [5.41, 5.74) is 2.81. The van der Waals surface area contributed by atoms with E-state index in [2.05, 4.69) is 20.5 Å². The van der Waals surface area contributed by atoms with Crippen LogP contribution in [0.1, 0.15) is 33.2 Å². The van der Waals surface area contributed by atoms with E-state index in [9.17, 15) is 13.2 Å². The Balaban J connectivity index is 1.65. The summed E-state index contributed by atoms with van der Waals surface area (Å²) in [4.78, 5) is 16.7. The first kappa shape index (κ1) is 17.7. The van der Waals surface area contributed by atoms with Crippen LogP contribution in [0.25, 0.3) is 0 Å². The van der Waals surface area contributed by atoms with E-state index in [1.807, 2.05) is 16.8 Å². The van der Waals surface area contributed by atoms with Gasteiger partial charge in [0.1, 0.15) is 12.2 Å². The number of nitrogens with one attached hydrogen (secondary N) is 2. The van der Waals surface area contributed by atoms with Gasteiger partial charge >= 0.3 is 0 Å². The van der Waals surface area contributed by atoms with Crippen LogP contribution in [0.15, 0.2) is 41.4 Å². The standard InChI is InChI=1S/C17H17N5O3S2/c1-27(24,25)22-8-14(16-19-10-20-21-16)13-6-12(2-3-15(13)22)17(23)18-7-11-4-5-26-9-11/h2-6,9-10,14H,7-8H2,1H3,(H,18,23)(H,19,20,21). The van der Waals surface area contributed by atoms with Crippen molar-refractivity contribution < 1.29 is 13.2 Å². The number of rotatable bonds is 5. The molecule has 3 aromatic rings. The van der Waals surface area contributed by atoms with E-state index in [0.29, 0.717) is 23.6 Å². The number of amides is 1. The first-order valence-electron chi connectivity index (χ1n) is 8.19. The molecule has 0 saturated carbocycles. The fourth-order valence-corrected chi connectivity index (χ4v) is 4.78. The number of nitrogens with zero attached hydrogens (tertiary/aromatic N) is 3. The van der Waals surface area contributed by atoms with Crippen LogP contribution < -0.4 is 9.62 Å². The zero-order valence-electron chi connectivity index (χ0n) is 14.4.